The van der Waals surface area contributed by atoms with Crippen LogP contribution in [-0.4, -0.2) is 17.8 Å². The highest BCUT2D eigenvalue weighted by Crippen LogP contribution is 1.92. The molecule has 0 aliphatic rings. The van der Waals surface area contributed by atoms with Crippen LogP contribution in [0.5, 0.6) is 0 Å². The number of alkyl halides is 1. The molecule has 0 saturated heterocycles. The molecule has 1 amide bonds. The van der Waals surface area contributed by atoms with Crippen LogP contribution in [0.3, 0.4) is 0 Å². The van der Waals surface area contributed by atoms with Crippen LogP contribution in [0.4, 0.5) is 0 Å². The van der Waals surface area contributed by atoms with Crippen molar-refractivity contribution in [2.75, 3.05) is 5.88 Å². The summed E-state index contributed by atoms with van der Waals surface area (Å²) in [6, 6.07) is 0.143. The lowest BCUT2D eigenvalue weighted by Crippen LogP contribution is -2.33. The van der Waals surface area contributed by atoms with Gasteiger partial charge in [0.25, 0.3) is 0 Å². The molecule has 0 saturated carbocycles. The van der Waals surface area contributed by atoms with E-state index in [9.17, 15) is 4.79 Å². The minimum atomic E-state index is -0.0116. The Hall–Kier alpha value is -0.240. The lowest BCUT2D eigenvalue weighted by Gasteiger charge is -2.10. The molecule has 0 radical (unpaired) electrons. The van der Waals surface area contributed by atoms with Crippen LogP contribution in [0.1, 0.15) is 20.3 Å². The van der Waals surface area contributed by atoms with Crippen LogP contribution in [0.25, 0.3) is 0 Å². The Morgan fingerprint density at radius 3 is 2.44 bits per heavy atom. The summed E-state index contributed by atoms with van der Waals surface area (Å²) in [5.41, 5.74) is 0. The molecule has 0 heterocycles. The maximum absolute atomic E-state index is 10.4. The third-order valence-corrected chi connectivity index (χ3v) is 1.46. The molecule has 0 aliphatic heterocycles. The maximum Gasteiger partial charge on any atom is 0.217 e. The third-order valence-electron chi connectivity index (χ3n) is 1.09. The molecule has 2 nitrogen and oxygen atoms in total. The molecule has 1 atom stereocenters. The quantitative estimate of drug-likeness (QED) is 0.600. The second-order valence-electron chi connectivity index (χ2n) is 1.96. The van der Waals surface area contributed by atoms with E-state index >= 15 is 0 Å². The molecule has 0 aromatic heterocycles. The zero-order chi connectivity index (χ0) is 7.28. The normalized spacial score (nSPS) is 12.8. The van der Waals surface area contributed by atoms with Crippen molar-refractivity contribution in [1.29, 1.82) is 0 Å². The Kier molecular flexibility index (Phi) is 4.50. The van der Waals surface area contributed by atoms with E-state index in [2.05, 4.69) is 5.32 Å². The predicted octanol–water partition coefficient (Wildman–Crippen LogP) is 1.14. The molecule has 54 valence electrons. The average molecular weight is 150 g/mol. The van der Waals surface area contributed by atoms with E-state index < -0.39 is 0 Å². The van der Waals surface area contributed by atoms with Crippen LogP contribution in [-0.2, 0) is 4.79 Å². The van der Waals surface area contributed by atoms with E-state index in [4.69, 9.17) is 11.6 Å². The van der Waals surface area contributed by atoms with Gasteiger partial charge in [0, 0.05) is 18.8 Å². The fourth-order valence-corrected chi connectivity index (χ4v) is 0.833. The number of hydrogen-bond donors (Lipinski definition) is 1. The first-order chi connectivity index (χ1) is 4.20. The van der Waals surface area contributed by atoms with Gasteiger partial charge in [-0.2, -0.15) is 0 Å². The van der Waals surface area contributed by atoms with Gasteiger partial charge in [0.15, 0.2) is 0 Å². The van der Waals surface area contributed by atoms with Crippen molar-refractivity contribution in [3.05, 3.63) is 0 Å². The molecule has 0 aliphatic carbocycles. The second-order valence-corrected chi connectivity index (χ2v) is 2.27. The molecular formula is C6H12ClNO. The monoisotopic (exact) mass is 149 g/mol. The van der Waals surface area contributed by atoms with Gasteiger partial charge in [0.1, 0.15) is 0 Å². The minimum absolute atomic E-state index is 0.0116. The molecule has 1 N–H and O–H groups in total. The van der Waals surface area contributed by atoms with Gasteiger partial charge in [0.05, 0.1) is 0 Å². The fraction of sp³-hybridized carbons (Fsp3) is 0.833. The number of carbonyl (C=O) groups excluding carboxylic acids is 1. The number of nitrogens with one attached hydrogen (secondary N) is 1. The molecule has 0 unspecified atom stereocenters. The standard InChI is InChI=1S/C6H12ClNO/c1-3-6(4-7)8-5(2)9/h6H,3-4H2,1-2H3,(H,8,9)/t6-/m0/s1. The number of amides is 1. The molecule has 9 heavy (non-hydrogen) atoms. The Balaban J connectivity index is 3.43. The maximum atomic E-state index is 10.4. The van der Waals surface area contributed by atoms with Gasteiger partial charge < -0.3 is 5.32 Å². The lowest BCUT2D eigenvalue weighted by atomic mass is 10.2. The minimum Gasteiger partial charge on any atom is -0.352 e. The van der Waals surface area contributed by atoms with Crippen molar-refractivity contribution in [2.45, 2.75) is 26.3 Å². The molecule has 0 spiro atoms. The van der Waals surface area contributed by atoms with E-state index in [1.54, 1.807) is 0 Å². The Labute approximate surface area is 60.6 Å². The summed E-state index contributed by atoms with van der Waals surface area (Å²) in [7, 11) is 0. The first-order valence-electron chi connectivity index (χ1n) is 3.03. The largest absolute Gasteiger partial charge is 0.352 e. The predicted molar refractivity (Wildman–Crippen MR) is 38.6 cm³/mol. The molecule has 0 bridgehead atoms. The zero-order valence-corrected chi connectivity index (χ0v) is 6.53. The van der Waals surface area contributed by atoms with Crippen LogP contribution < -0.4 is 5.32 Å². The van der Waals surface area contributed by atoms with Gasteiger partial charge >= 0.3 is 0 Å². The van der Waals surface area contributed by atoms with E-state index in [1.165, 1.54) is 6.92 Å². The van der Waals surface area contributed by atoms with Crippen molar-refractivity contribution >= 4 is 17.5 Å². The van der Waals surface area contributed by atoms with E-state index in [1.807, 2.05) is 6.92 Å². The Morgan fingerprint density at radius 1 is 1.78 bits per heavy atom. The van der Waals surface area contributed by atoms with Crippen molar-refractivity contribution in [1.82, 2.24) is 5.32 Å². The Morgan fingerprint density at radius 2 is 2.33 bits per heavy atom. The molecule has 0 fully saturated rings. The van der Waals surface area contributed by atoms with Gasteiger partial charge in [-0.15, -0.1) is 11.6 Å². The number of rotatable bonds is 3. The molecule has 0 rings (SSSR count). The van der Waals surface area contributed by atoms with Crippen LogP contribution in [0.15, 0.2) is 0 Å². The summed E-state index contributed by atoms with van der Waals surface area (Å²) in [6.45, 7) is 3.48. The van der Waals surface area contributed by atoms with Crippen LogP contribution in [0, 0.1) is 0 Å². The van der Waals surface area contributed by atoms with Crippen molar-refractivity contribution in [3.63, 3.8) is 0 Å². The summed E-state index contributed by atoms with van der Waals surface area (Å²) in [5, 5.41) is 2.71. The van der Waals surface area contributed by atoms with Gasteiger partial charge in [-0.25, -0.2) is 0 Å². The summed E-state index contributed by atoms with van der Waals surface area (Å²) in [4.78, 5) is 10.4. The highest BCUT2D eigenvalue weighted by Gasteiger charge is 2.03. The first-order valence-corrected chi connectivity index (χ1v) is 3.57. The highest BCUT2D eigenvalue weighted by molar-refractivity contribution is 6.18. The smallest absolute Gasteiger partial charge is 0.217 e. The molecule has 0 aromatic carbocycles. The van der Waals surface area contributed by atoms with E-state index in [-0.39, 0.29) is 11.9 Å². The average Bonchev–Trinajstić information content (AvgIpc) is 1.82. The summed E-state index contributed by atoms with van der Waals surface area (Å²) in [5.74, 6) is 0.485. The van der Waals surface area contributed by atoms with Crippen LogP contribution in [0.2, 0.25) is 0 Å². The molecule has 0 aromatic rings. The lowest BCUT2D eigenvalue weighted by molar-refractivity contribution is -0.119. The van der Waals surface area contributed by atoms with Gasteiger partial charge in [0.2, 0.25) is 5.91 Å². The number of halogens is 1. The first kappa shape index (κ1) is 8.76. The summed E-state index contributed by atoms with van der Waals surface area (Å²) >= 11 is 5.50. The SMILES string of the molecule is CC[C@@H](CCl)NC(C)=O. The summed E-state index contributed by atoms with van der Waals surface area (Å²) in [6.07, 6.45) is 0.892. The number of carbonyl (C=O) groups is 1. The molecular weight excluding hydrogens is 138 g/mol. The summed E-state index contributed by atoms with van der Waals surface area (Å²) < 4.78 is 0. The highest BCUT2D eigenvalue weighted by atomic mass is 35.5. The van der Waals surface area contributed by atoms with Gasteiger partial charge in [-0.1, -0.05) is 6.92 Å². The topological polar surface area (TPSA) is 29.1 Å². The second kappa shape index (κ2) is 4.62. The van der Waals surface area contributed by atoms with Gasteiger partial charge in [-0.05, 0) is 6.42 Å². The number of hydrogen-bond acceptors (Lipinski definition) is 1. The van der Waals surface area contributed by atoms with Crippen molar-refractivity contribution in [3.8, 4) is 0 Å². The Bertz CT molecular complexity index is 91.1. The van der Waals surface area contributed by atoms with E-state index in [0.29, 0.717) is 5.88 Å². The third kappa shape index (κ3) is 4.28. The van der Waals surface area contributed by atoms with Crippen molar-refractivity contribution < 1.29 is 4.79 Å². The van der Waals surface area contributed by atoms with E-state index in [0.717, 1.165) is 6.42 Å². The molecule has 3 heteroatoms. The van der Waals surface area contributed by atoms with Crippen LogP contribution >= 0.6 is 11.6 Å². The zero-order valence-electron chi connectivity index (χ0n) is 5.78. The van der Waals surface area contributed by atoms with Gasteiger partial charge in [-0.3, -0.25) is 4.79 Å². The fourth-order valence-electron chi connectivity index (χ4n) is 0.537. The van der Waals surface area contributed by atoms with Crippen molar-refractivity contribution in [2.24, 2.45) is 0 Å².